The Morgan fingerprint density at radius 2 is 2.05 bits per heavy atom. The summed E-state index contributed by atoms with van der Waals surface area (Å²) in [5.74, 6) is -6.38. The molecule has 4 nitrogen and oxygen atoms in total. The number of halogens is 4. The van der Waals surface area contributed by atoms with E-state index in [4.69, 9.17) is 16.7 Å². The van der Waals surface area contributed by atoms with Gasteiger partial charge in [0, 0.05) is 18.5 Å². The molecule has 1 heterocycles. The third-order valence-corrected chi connectivity index (χ3v) is 4.11. The van der Waals surface area contributed by atoms with Gasteiger partial charge < -0.3 is 10.0 Å². The van der Waals surface area contributed by atoms with Gasteiger partial charge in [-0.2, -0.15) is 0 Å². The van der Waals surface area contributed by atoms with Crippen molar-refractivity contribution in [2.75, 3.05) is 11.4 Å². The number of carboxylic acids is 1. The van der Waals surface area contributed by atoms with Gasteiger partial charge in [0.05, 0.1) is 11.7 Å². The van der Waals surface area contributed by atoms with Gasteiger partial charge >= 0.3 is 5.97 Å². The maximum atomic E-state index is 13.6. The van der Waals surface area contributed by atoms with Gasteiger partial charge in [-0.05, 0) is 6.07 Å². The molecule has 0 amide bonds. The van der Waals surface area contributed by atoms with Crippen LogP contribution in [0.5, 0.6) is 0 Å². The predicted octanol–water partition coefficient (Wildman–Crippen LogP) is 2.43. The fraction of sp³-hybridized carbons (Fsp3) is 0.385. The van der Waals surface area contributed by atoms with Crippen molar-refractivity contribution < 1.29 is 27.9 Å². The second-order valence-electron chi connectivity index (χ2n) is 5.11. The molecular formula is C13H9ClF3NO3. The van der Waals surface area contributed by atoms with Gasteiger partial charge in [0.15, 0.2) is 17.4 Å². The normalized spacial score (nSPS) is 27.5. The fourth-order valence-corrected chi connectivity index (χ4v) is 2.88. The number of carboxylic acid groups (broad SMARTS) is 1. The molecule has 0 radical (unpaired) electrons. The van der Waals surface area contributed by atoms with E-state index in [2.05, 4.69) is 0 Å². The highest BCUT2D eigenvalue weighted by atomic mass is 35.5. The summed E-state index contributed by atoms with van der Waals surface area (Å²) in [5, 5.41) is 8.45. The predicted molar refractivity (Wildman–Crippen MR) is 67.5 cm³/mol. The Bertz CT molecular complexity index is 667. The fourth-order valence-electron chi connectivity index (χ4n) is 2.58. The number of aliphatic carboxylic acids is 1. The van der Waals surface area contributed by atoms with Gasteiger partial charge in [0.2, 0.25) is 0 Å². The number of Topliss-reactive ketones (excluding diaryl/α,β-unsaturated/α-hetero) is 1. The SMILES string of the molecule is O=C(O)[C@@H]1CN([C@@H]2C[C@@H]2F)c2c(cc(F)c(F)c2Cl)C1=O. The molecule has 1 aromatic carbocycles. The number of rotatable bonds is 2. The second-order valence-corrected chi connectivity index (χ2v) is 5.49. The second kappa shape index (κ2) is 4.62. The number of ketones is 1. The van der Waals surface area contributed by atoms with E-state index in [9.17, 15) is 22.8 Å². The number of carbonyl (C=O) groups excluding carboxylic acids is 1. The van der Waals surface area contributed by atoms with Crippen LogP contribution < -0.4 is 4.90 Å². The molecule has 0 aromatic heterocycles. The van der Waals surface area contributed by atoms with Crippen molar-refractivity contribution in [2.45, 2.75) is 18.6 Å². The summed E-state index contributed by atoms with van der Waals surface area (Å²) < 4.78 is 40.3. The molecule has 1 aliphatic heterocycles. The van der Waals surface area contributed by atoms with Gasteiger partial charge in [-0.1, -0.05) is 11.6 Å². The minimum Gasteiger partial charge on any atom is -0.481 e. The van der Waals surface area contributed by atoms with Gasteiger partial charge in [-0.25, -0.2) is 13.2 Å². The van der Waals surface area contributed by atoms with Crippen LogP contribution in [0.3, 0.4) is 0 Å². The molecule has 8 heteroatoms. The molecule has 1 saturated carbocycles. The lowest BCUT2D eigenvalue weighted by Gasteiger charge is -2.34. The third-order valence-electron chi connectivity index (χ3n) is 3.76. The Labute approximate surface area is 122 Å². The Morgan fingerprint density at radius 3 is 2.57 bits per heavy atom. The van der Waals surface area contributed by atoms with Crippen molar-refractivity contribution in [3.8, 4) is 0 Å². The number of hydrogen-bond donors (Lipinski definition) is 1. The minimum atomic E-state index is -1.45. The van der Waals surface area contributed by atoms with E-state index in [1.54, 1.807) is 0 Å². The molecule has 0 spiro atoms. The van der Waals surface area contributed by atoms with Crippen LogP contribution in [-0.4, -0.2) is 35.6 Å². The molecular weight excluding hydrogens is 311 g/mol. The van der Waals surface area contributed by atoms with Crippen LogP contribution >= 0.6 is 11.6 Å². The molecule has 3 atom stereocenters. The molecule has 1 N–H and O–H groups in total. The largest absolute Gasteiger partial charge is 0.481 e. The number of benzene rings is 1. The molecule has 3 rings (SSSR count). The van der Waals surface area contributed by atoms with Crippen molar-refractivity contribution in [2.24, 2.45) is 5.92 Å². The monoisotopic (exact) mass is 319 g/mol. The summed E-state index contributed by atoms with van der Waals surface area (Å²) in [6.07, 6.45) is -1.07. The first-order valence-corrected chi connectivity index (χ1v) is 6.56. The third kappa shape index (κ3) is 2.07. The Kier molecular flexibility index (Phi) is 3.12. The molecule has 1 aromatic rings. The quantitative estimate of drug-likeness (QED) is 0.672. The maximum absolute atomic E-state index is 13.6. The lowest BCUT2D eigenvalue weighted by Crippen LogP contribution is -2.45. The standard InChI is InChI=1S/C13H9ClF3NO3/c14-9-10(17)7(16)1-4-11(9)18(8-2-6(8)15)3-5(12(4)19)13(20)21/h1,5-6,8H,2-3H2,(H,20,21)/t5-,6+,8-/m1/s1. The maximum Gasteiger partial charge on any atom is 0.316 e. The van der Waals surface area contributed by atoms with Crippen LogP contribution in [0.15, 0.2) is 6.07 Å². The Hall–Kier alpha value is -1.76. The lowest BCUT2D eigenvalue weighted by atomic mass is 9.90. The van der Waals surface area contributed by atoms with Gasteiger partial charge in [-0.3, -0.25) is 9.59 Å². The van der Waals surface area contributed by atoms with Gasteiger partial charge in [-0.15, -0.1) is 0 Å². The Balaban J connectivity index is 2.18. The van der Waals surface area contributed by atoms with Crippen LogP contribution in [0.4, 0.5) is 18.9 Å². The zero-order chi connectivity index (χ0) is 15.5. The summed E-state index contributed by atoms with van der Waals surface area (Å²) in [5.41, 5.74) is -0.445. The average molecular weight is 320 g/mol. The summed E-state index contributed by atoms with van der Waals surface area (Å²) in [7, 11) is 0. The number of anilines is 1. The number of carbonyl (C=O) groups is 2. The first-order valence-electron chi connectivity index (χ1n) is 6.18. The van der Waals surface area contributed by atoms with E-state index in [1.807, 2.05) is 0 Å². The minimum absolute atomic E-state index is 0.122. The van der Waals surface area contributed by atoms with E-state index in [-0.39, 0.29) is 24.2 Å². The van der Waals surface area contributed by atoms with E-state index in [0.29, 0.717) is 6.07 Å². The average Bonchev–Trinajstić information content (AvgIpc) is 3.14. The van der Waals surface area contributed by atoms with Crippen molar-refractivity contribution in [1.29, 1.82) is 0 Å². The highest BCUT2D eigenvalue weighted by Crippen LogP contribution is 2.44. The molecule has 0 bridgehead atoms. The van der Waals surface area contributed by atoms with Crippen molar-refractivity contribution in [3.05, 3.63) is 28.3 Å². The molecule has 112 valence electrons. The van der Waals surface area contributed by atoms with E-state index >= 15 is 0 Å². The zero-order valence-electron chi connectivity index (χ0n) is 10.4. The molecule has 0 saturated heterocycles. The van der Waals surface area contributed by atoms with Gasteiger partial charge in [0.1, 0.15) is 17.1 Å². The number of nitrogens with zero attached hydrogens (tertiary/aromatic N) is 1. The van der Waals surface area contributed by atoms with E-state index < -0.39 is 46.5 Å². The number of alkyl halides is 1. The summed E-state index contributed by atoms with van der Waals surface area (Å²) in [4.78, 5) is 24.5. The molecule has 2 aliphatic rings. The van der Waals surface area contributed by atoms with Crippen molar-refractivity contribution >= 4 is 29.0 Å². The molecule has 1 fully saturated rings. The molecule has 1 aliphatic carbocycles. The summed E-state index contributed by atoms with van der Waals surface area (Å²) >= 11 is 5.74. The van der Waals surface area contributed by atoms with Crippen LogP contribution in [0, 0.1) is 17.6 Å². The first-order chi connectivity index (χ1) is 9.82. The van der Waals surface area contributed by atoms with Crippen molar-refractivity contribution in [3.63, 3.8) is 0 Å². The lowest BCUT2D eigenvalue weighted by molar-refractivity contribution is -0.139. The summed E-state index contributed by atoms with van der Waals surface area (Å²) in [6.45, 7) is -0.308. The first kappa shape index (κ1) is 14.2. The molecule has 0 unspecified atom stereocenters. The van der Waals surface area contributed by atoms with Crippen LogP contribution in [-0.2, 0) is 4.79 Å². The van der Waals surface area contributed by atoms with E-state index in [1.165, 1.54) is 4.90 Å². The Morgan fingerprint density at radius 1 is 1.43 bits per heavy atom. The van der Waals surface area contributed by atoms with Crippen molar-refractivity contribution in [1.82, 2.24) is 0 Å². The highest BCUT2D eigenvalue weighted by molar-refractivity contribution is 6.35. The highest BCUT2D eigenvalue weighted by Gasteiger charge is 2.49. The molecule has 21 heavy (non-hydrogen) atoms. The summed E-state index contributed by atoms with van der Waals surface area (Å²) in [6, 6.07) is -0.0441. The van der Waals surface area contributed by atoms with Gasteiger partial charge in [0.25, 0.3) is 0 Å². The van der Waals surface area contributed by atoms with Crippen LogP contribution in [0.1, 0.15) is 16.8 Å². The number of hydrogen-bond acceptors (Lipinski definition) is 3. The zero-order valence-corrected chi connectivity index (χ0v) is 11.2. The smallest absolute Gasteiger partial charge is 0.316 e. The topological polar surface area (TPSA) is 57.6 Å². The van der Waals surface area contributed by atoms with Crippen LogP contribution in [0.2, 0.25) is 5.02 Å². The number of fused-ring (bicyclic) bond motifs is 1. The van der Waals surface area contributed by atoms with E-state index in [0.717, 1.165) is 0 Å². The van der Waals surface area contributed by atoms with Crippen LogP contribution in [0.25, 0.3) is 0 Å².